The Balaban J connectivity index is 0.00000106. The molecule has 0 aliphatic rings. The number of halogens is 1. The van der Waals surface area contributed by atoms with Gasteiger partial charge in [-0.05, 0) is 31.0 Å². The number of carbonyl (C=O) groups is 1. The Morgan fingerprint density at radius 1 is 1.44 bits per heavy atom. The molecule has 0 spiro atoms. The van der Waals surface area contributed by atoms with Gasteiger partial charge in [-0.25, -0.2) is 4.79 Å². The van der Waals surface area contributed by atoms with Gasteiger partial charge in [0.1, 0.15) is 0 Å². The van der Waals surface area contributed by atoms with Gasteiger partial charge < -0.3 is 4.74 Å². The van der Waals surface area contributed by atoms with Crippen LogP contribution in [0.2, 0.25) is 5.02 Å². The summed E-state index contributed by atoms with van der Waals surface area (Å²) in [6.45, 7) is 8.20. The zero-order valence-corrected chi connectivity index (χ0v) is 11.9. The summed E-state index contributed by atoms with van der Waals surface area (Å²) in [6.07, 6.45) is 0. The van der Waals surface area contributed by atoms with Crippen LogP contribution in [-0.2, 0) is 4.74 Å². The van der Waals surface area contributed by atoms with Crippen molar-refractivity contribution in [3.05, 3.63) is 28.8 Å². The minimum atomic E-state index is -0.358. The van der Waals surface area contributed by atoms with Crippen LogP contribution in [0.5, 0.6) is 0 Å². The van der Waals surface area contributed by atoms with Crippen molar-refractivity contribution in [3.8, 4) is 0 Å². The number of hydrogen-bond acceptors (Lipinski definition) is 2. The molecule has 0 heterocycles. The number of rotatable bonds is 3. The smallest absolute Gasteiger partial charge is 0.339 e. The summed E-state index contributed by atoms with van der Waals surface area (Å²) in [4.78, 5) is 11.4. The molecule has 0 aliphatic heterocycles. The Bertz CT molecular complexity index is 340. The van der Waals surface area contributed by atoms with Gasteiger partial charge in [0.2, 0.25) is 0 Å². The third-order valence-corrected chi connectivity index (χ3v) is 2.95. The molecule has 0 saturated heterocycles. The first kappa shape index (κ1) is 15.4. The Kier molecular flexibility index (Phi) is 8.23. The molecule has 2 nitrogen and oxygen atoms in total. The van der Waals surface area contributed by atoms with Crippen LogP contribution in [0.15, 0.2) is 18.2 Å². The van der Waals surface area contributed by atoms with Crippen molar-refractivity contribution in [1.29, 1.82) is 0 Å². The highest BCUT2D eigenvalue weighted by atomic mass is 35.5. The maximum absolute atomic E-state index is 11.4. The molecule has 0 bridgehead atoms. The van der Waals surface area contributed by atoms with Crippen LogP contribution in [0.3, 0.4) is 0 Å². The molecule has 0 aliphatic carbocycles. The average molecular weight is 261 g/mol. The van der Waals surface area contributed by atoms with E-state index in [-0.39, 0.29) is 5.97 Å². The highest BCUT2D eigenvalue weighted by Crippen LogP contribution is 2.18. The first-order chi connectivity index (χ1) is 7.69. The Morgan fingerprint density at radius 2 is 2.06 bits per heavy atom. The number of esters is 1. The van der Waals surface area contributed by atoms with E-state index in [1.807, 2.05) is 26.0 Å². The summed E-state index contributed by atoms with van der Waals surface area (Å²) in [5.74, 6) is -0.358. The number of hydrogen-bond donors (Lipinski definition) is 0. The molecule has 0 fully saturated rings. The maximum Gasteiger partial charge on any atom is 0.339 e. The SMILES string of the molecule is CC.CCOC(=O)c1ccc(PC)cc1Cl. The van der Waals surface area contributed by atoms with E-state index in [0.29, 0.717) is 25.8 Å². The fourth-order valence-electron chi connectivity index (χ4n) is 1.05. The fraction of sp³-hybridized carbons (Fsp3) is 0.417. The van der Waals surface area contributed by atoms with Gasteiger partial charge in [-0.2, -0.15) is 0 Å². The maximum atomic E-state index is 11.4. The molecule has 0 radical (unpaired) electrons. The Labute approximate surface area is 104 Å². The molecule has 0 amide bonds. The molecule has 0 aromatic heterocycles. The van der Waals surface area contributed by atoms with Gasteiger partial charge in [0.15, 0.2) is 0 Å². The number of carbonyl (C=O) groups excluding carboxylic acids is 1. The molecule has 90 valence electrons. The summed E-state index contributed by atoms with van der Waals surface area (Å²) in [6, 6.07) is 5.43. The summed E-state index contributed by atoms with van der Waals surface area (Å²) in [5.41, 5.74) is 0.440. The molecule has 1 rings (SSSR count). The van der Waals surface area contributed by atoms with Gasteiger partial charge in [-0.15, -0.1) is 0 Å². The van der Waals surface area contributed by atoms with Crippen LogP contribution in [-0.4, -0.2) is 19.2 Å². The van der Waals surface area contributed by atoms with E-state index < -0.39 is 0 Å². The predicted molar refractivity (Wildman–Crippen MR) is 72.6 cm³/mol. The van der Waals surface area contributed by atoms with Gasteiger partial charge in [0, 0.05) is 0 Å². The lowest BCUT2D eigenvalue weighted by Gasteiger charge is -2.05. The molecule has 0 N–H and O–H groups in total. The molecule has 1 aromatic rings. The summed E-state index contributed by atoms with van der Waals surface area (Å²) < 4.78 is 4.86. The van der Waals surface area contributed by atoms with Crippen LogP contribution in [0, 0.1) is 0 Å². The minimum Gasteiger partial charge on any atom is -0.462 e. The van der Waals surface area contributed by atoms with Gasteiger partial charge >= 0.3 is 5.97 Å². The highest BCUT2D eigenvalue weighted by Gasteiger charge is 2.10. The van der Waals surface area contributed by atoms with Gasteiger partial charge in [-0.3, -0.25) is 0 Å². The zero-order chi connectivity index (χ0) is 12.6. The summed E-state index contributed by atoms with van der Waals surface area (Å²) in [7, 11) is 0.681. The predicted octanol–water partition coefficient (Wildman–Crippen LogP) is 3.48. The Morgan fingerprint density at radius 3 is 2.50 bits per heavy atom. The molecule has 4 heteroatoms. The standard InChI is InChI=1S/C10H12ClO2P.C2H6/c1-3-13-10(12)8-5-4-7(14-2)6-9(8)11;1-2/h4-6,14H,3H2,1-2H3;1-2H3. The highest BCUT2D eigenvalue weighted by molar-refractivity contribution is 7.46. The van der Waals surface area contributed by atoms with E-state index in [1.54, 1.807) is 13.0 Å². The summed E-state index contributed by atoms with van der Waals surface area (Å²) >= 11 is 5.94. The van der Waals surface area contributed by atoms with E-state index in [1.165, 1.54) is 0 Å². The van der Waals surface area contributed by atoms with Crippen molar-refractivity contribution >= 4 is 31.5 Å². The topological polar surface area (TPSA) is 26.3 Å². The molecule has 1 unspecified atom stereocenters. The third kappa shape index (κ3) is 4.51. The molecule has 1 aromatic carbocycles. The number of benzene rings is 1. The van der Waals surface area contributed by atoms with Crippen molar-refractivity contribution in [2.24, 2.45) is 0 Å². The van der Waals surface area contributed by atoms with Gasteiger partial charge in [-0.1, -0.05) is 40.1 Å². The average Bonchev–Trinajstić information content (AvgIpc) is 2.31. The normalized spacial score (nSPS) is 9.81. The molecular formula is C12H18ClO2P. The zero-order valence-electron chi connectivity index (χ0n) is 10.1. The van der Waals surface area contributed by atoms with E-state index in [0.717, 1.165) is 5.30 Å². The molecule has 1 atom stereocenters. The van der Waals surface area contributed by atoms with Crippen molar-refractivity contribution in [2.45, 2.75) is 20.8 Å². The second kappa shape index (κ2) is 8.55. The largest absolute Gasteiger partial charge is 0.462 e. The monoisotopic (exact) mass is 260 g/mol. The van der Waals surface area contributed by atoms with E-state index in [4.69, 9.17) is 16.3 Å². The minimum absolute atomic E-state index is 0.358. The molecule has 16 heavy (non-hydrogen) atoms. The first-order valence-corrected chi connectivity index (χ1v) is 7.21. The van der Waals surface area contributed by atoms with E-state index >= 15 is 0 Å². The van der Waals surface area contributed by atoms with Crippen molar-refractivity contribution in [3.63, 3.8) is 0 Å². The summed E-state index contributed by atoms with van der Waals surface area (Å²) in [5, 5.41) is 1.61. The van der Waals surface area contributed by atoms with Crippen molar-refractivity contribution in [1.82, 2.24) is 0 Å². The van der Waals surface area contributed by atoms with E-state index in [2.05, 4.69) is 6.66 Å². The van der Waals surface area contributed by atoms with Crippen molar-refractivity contribution in [2.75, 3.05) is 13.3 Å². The lowest BCUT2D eigenvalue weighted by molar-refractivity contribution is 0.0526. The third-order valence-electron chi connectivity index (χ3n) is 1.75. The van der Waals surface area contributed by atoms with Gasteiger partial charge in [0.05, 0.1) is 17.2 Å². The van der Waals surface area contributed by atoms with E-state index in [9.17, 15) is 4.79 Å². The quantitative estimate of drug-likeness (QED) is 0.614. The molecular weight excluding hydrogens is 243 g/mol. The second-order valence-corrected chi connectivity index (χ2v) is 4.15. The number of ether oxygens (including phenoxy) is 1. The van der Waals surface area contributed by atoms with Crippen LogP contribution >= 0.6 is 20.2 Å². The van der Waals surface area contributed by atoms with Crippen LogP contribution in [0.4, 0.5) is 0 Å². The lowest BCUT2D eigenvalue weighted by Crippen LogP contribution is -2.07. The Hall–Kier alpha value is -0.590. The van der Waals surface area contributed by atoms with Gasteiger partial charge in [0.25, 0.3) is 0 Å². The van der Waals surface area contributed by atoms with Crippen molar-refractivity contribution < 1.29 is 9.53 Å². The lowest BCUT2D eigenvalue weighted by atomic mass is 10.2. The first-order valence-electron chi connectivity index (χ1n) is 5.33. The van der Waals surface area contributed by atoms with Crippen LogP contribution in [0.1, 0.15) is 31.1 Å². The van der Waals surface area contributed by atoms with Crippen LogP contribution < -0.4 is 5.30 Å². The molecule has 0 saturated carbocycles. The fourth-order valence-corrected chi connectivity index (χ4v) is 1.93. The van der Waals surface area contributed by atoms with Crippen LogP contribution in [0.25, 0.3) is 0 Å². The second-order valence-electron chi connectivity index (χ2n) is 2.67.